The van der Waals surface area contributed by atoms with Crippen LogP contribution in [0.3, 0.4) is 0 Å². The van der Waals surface area contributed by atoms with Gasteiger partial charge in [-0.15, -0.1) is 0 Å². The van der Waals surface area contributed by atoms with Crippen LogP contribution in [0.4, 0.5) is 0 Å². The van der Waals surface area contributed by atoms with Crippen molar-refractivity contribution in [2.75, 3.05) is 13.1 Å². The fourth-order valence-electron chi connectivity index (χ4n) is 1.34. The largest absolute Gasteiger partial charge is 0.378 e. The van der Waals surface area contributed by atoms with Gasteiger partial charge in [-0.1, -0.05) is 42.5 Å². The van der Waals surface area contributed by atoms with Crippen LogP contribution in [0.25, 0.3) is 6.08 Å². The highest BCUT2D eigenvalue weighted by molar-refractivity contribution is 5.50. The minimum absolute atomic E-state index is 1.06. The maximum absolute atomic E-state index is 2.26. The molecule has 0 aliphatic heterocycles. The number of rotatable bonds is 5. The molecule has 0 spiro atoms. The lowest BCUT2D eigenvalue weighted by molar-refractivity contribution is 0.419. The predicted molar refractivity (Wildman–Crippen MR) is 67.5 cm³/mol. The molecule has 1 rings (SSSR count). The Morgan fingerprint density at radius 2 is 1.67 bits per heavy atom. The Bertz CT molecular complexity index is 307. The summed E-state index contributed by atoms with van der Waals surface area (Å²) in [5, 5.41) is 0. The standard InChI is InChI=1S/C14H19N/c1-3-15(4-2)13-9-8-12-14-10-6-5-7-11-14/h5-13H,3-4H2,1-2H3/b12-8+,13-9+. The van der Waals surface area contributed by atoms with Crippen LogP contribution in [0.1, 0.15) is 19.4 Å². The van der Waals surface area contributed by atoms with Crippen LogP contribution >= 0.6 is 0 Å². The smallest absolute Gasteiger partial charge is 0.0143 e. The second-order valence-electron chi connectivity index (χ2n) is 3.33. The predicted octanol–water partition coefficient (Wildman–Crippen LogP) is 3.56. The van der Waals surface area contributed by atoms with Gasteiger partial charge in [-0.05, 0) is 31.7 Å². The Morgan fingerprint density at radius 1 is 1.00 bits per heavy atom. The van der Waals surface area contributed by atoms with Gasteiger partial charge in [-0.25, -0.2) is 0 Å². The molecule has 80 valence electrons. The molecule has 1 nitrogen and oxygen atoms in total. The normalized spacial score (nSPS) is 11.3. The van der Waals surface area contributed by atoms with E-state index in [9.17, 15) is 0 Å². The molecule has 0 unspecified atom stereocenters. The molecule has 15 heavy (non-hydrogen) atoms. The number of hydrogen-bond donors (Lipinski definition) is 0. The highest BCUT2D eigenvalue weighted by Gasteiger charge is 1.86. The summed E-state index contributed by atoms with van der Waals surface area (Å²) in [4.78, 5) is 2.26. The van der Waals surface area contributed by atoms with Crippen LogP contribution < -0.4 is 0 Å². The van der Waals surface area contributed by atoms with Gasteiger partial charge in [-0.3, -0.25) is 0 Å². The Kier molecular flexibility index (Phi) is 5.31. The van der Waals surface area contributed by atoms with Crippen LogP contribution in [0.15, 0.2) is 48.7 Å². The minimum Gasteiger partial charge on any atom is -0.378 e. The van der Waals surface area contributed by atoms with Crippen molar-refractivity contribution in [3.05, 3.63) is 54.2 Å². The third-order valence-electron chi connectivity index (χ3n) is 2.31. The van der Waals surface area contributed by atoms with Crippen LogP contribution in [0.2, 0.25) is 0 Å². The van der Waals surface area contributed by atoms with Crippen LogP contribution in [0, 0.1) is 0 Å². The number of nitrogens with zero attached hydrogens (tertiary/aromatic N) is 1. The highest BCUT2D eigenvalue weighted by atomic mass is 15.1. The fourth-order valence-corrected chi connectivity index (χ4v) is 1.34. The lowest BCUT2D eigenvalue weighted by Gasteiger charge is -2.13. The minimum atomic E-state index is 1.06. The Labute approximate surface area is 92.7 Å². The van der Waals surface area contributed by atoms with Crippen molar-refractivity contribution in [2.24, 2.45) is 0 Å². The lowest BCUT2D eigenvalue weighted by Crippen LogP contribution is -2.14. The maximum Gasteiger partial charge on any atom is 0.0143 e. The van der Waals surface area contributed by atoms with Gasteiger partial charge in [0.05, 0.1) is 0 Å². The molecule has 0 heterocycles. The van der Waals surface area contributed by atoms with E-state index in [1.807, 2.05) is 18.2 Å². The average molecular weight is 201 g/mol. The monoisotopic (exact) mass is 201 g/mol. The molecule has 0 aliphatic carbocycles. The zero-order valence-corrected chi connectivity index (χ0v) is 9.56. The SMILES string of the molecule is CCN(/C=C/C=C/c1ccccc1)CC. The molecule has 0 saturated heterocycles. The molecule has 0 fully saturated rings. The van der Waals surface area contributed by atoms with E-state index in [2.05, 4.69) is 55.3 Å². The third kappa shape index (κ3) is 4.50. The van der Waals surface area contributed by atoms with Gasteiger partial charge in [0.1, 0.15) is 0 Å². The first-order valence-electron chi connectivity index (χ1n) is 5.50. The second kappa shape index (κ2) is 6.88. The zero-order chi connectivity index (χ0) is 10.9. The second-order valence-corrected chi connectivity index (χ2v) is 3.33. The summed E-state index contributed by atoms with van der Waals surface area (Å²) in [6, 6.07) is 10.3. The third-order valence-corrected chi connectivity index (χ3v) is 2.31. The Hall–Kier alpha value is -1.50. The van der Waals surface area contributed by atoms with Crippen molar-refractivity contribution in [3.63, 3.8) is 0 Å². The van der Waals surface area contributed by atoms with Gasteiger partial charge in [-0.2, -0.15) is 0 Å². The van der Waals surface area contributed by atoms with Crippen molar-refractivity contribution in [1.29, 1.82) is 0 Å². The van der Waals surface area contributed by atoms with Gasteiger partial charge in [0.25, 0.3) is 0 Å². The summed E-state index contributed by atoms with van der Waals surface area (Å²) in [6.45, 7) is 6.45. The summed E-state index contributed by atoms with van der Waals surface area (Å²) in [6.07, 6.45) is 8.40. The van der Waals surface area contributed by atoms with Gasteiger partial charge in [0.2, 0.25) is 0 Å². The zero-order valence-electron chi connectivity index (χ0n) is 9.56. The molecule has 1 aromatic carbocycles. The first-order chi connectivity index (χ1) is 7.36. The first kappa shape index (κ1) is 11.6. The maximum atomic E-state index is 2.26. The summed E-state index contributed by atoms with van der Waals surface area (Å²) >= 11 is 0. The molecule has 0 aliphatic rings. The summed E-state index contributed by atoms with van der Waals surface area (Å²) in [5.41, 5.74) is 1.24. The molecular formula is C14H19N. The van der Waals surface area contributed by atoms with E-state index in [4.69, 9.17) is 0 Å². The van der Waals surface area contributed by atoms with Crippen molar-refractivity contribution >= 4 is 6.08 Å². The Balaban J connectivity index is 2.46. The van der Waals surface area contributed by atoms with E-state index in [1.165, 1.54) is 5.56 Å². The molecule has 0 bridgehead atoms. The van der Waals surface area contributed by atoms with Gasteiger partial charge < -0.3 is 4.90 Å². The topological polar surface area (TPSA) is 3.24 Å². The van der Waals surface area contributed by atoms with E-state index in [-0.39, 0.29) is 0 Å². The number of hydrogen-bond acceptors (Lipinski definition) is 1. The van der Waals surface area contributed by atoms with Gasteiger partial charge >= 0.3 is 0 Å². The summed E-state index contributed by atoms with van der Waals surface area (Å²) in [7, 11) is 0. The van der Waals surface area contributed by atoms with E-state index in [0.29, 0.717) is 0 Å². The van der Waals surface area contributed by atoms with Gasteiger partial charge in [0.15, 0.2) is 0 Å². The van der Waals surface area contributed by atoms with E-state index in [1.54, 1.807) is 0 Å². The summed E-state index contributed by atoms with van der Waals surface area (Å²) < 4.78 is 0. The Morgan fingerprint density at radius 3 is 2.27 bits per heavy atom. The van der Waals surface area contributed by atoms with E-state index in [0.717, 1.165) is 13.1 Å². The molecule has 1 heteroatoms. The molecule has 0 saturated carbocycles. The molecular weight excluding hydrogens is 182 g/mol. The molecule has 0 aromatic heterocycles. The molecule has 0 radical (unpaired) electrons. The lowest BCUT2D eigenvalue weighted by atomic mass is 10.2. The van der Waals surface area contributed by atoms with E-state index < -0.39 is 0 Å². The number of allylic oxidation sites excluding steroid dienone is 2. The van der Waals surface area contributed by atoms with Crippen LogP contribution in [0.5, 0.6) is 0 Å². The molecule has 1 aromatic rings. The van der Waals surface area contributed by atoms with Crippen molar-refractivity contribution in [3.8, 4) is 0 Å². The molecule has 0 N–H and O–H groups in total. The van der Waals surface area contributed by atoms with Crippen molar-refractivity contribution < 1.29 is 0 Å². The molecule has 0 amide bonds. The summed E-state index contributed by atoms with van der Waals surface area (Å²) in [5.74, 6) is 0. The van der Waals surface area contributed by atoms with Crippen molar-refractivity contribution in [2.45, 2.75) is 13.8 Å². The van der Waals surface area contributed by atoms with Gasteiger partial charge in [0, 0.05) is 13.1 Å². The number of benzene rings is 1. The van der Waals surface area contributed by atoms with Crippen LogP contribution in [-0.4, -0.2) is 18.0 Å². The highest BCUT2D eigenvalue weighted by Crippen LogP contribution is 2.01. The molecule has 0 atom stereocenters. The average Bonchev–Trinajstić information content (AvgIpc) is 2.31. The quantitative estimate of drug-likeness (QED) is 0.658. The first-order valence-corrected chi connectivity index (χ1v) is 5.50. The van der Waals surface area contributed by atoms with Crippen molar-refractivity contribution in [1.82, 2.24) is 4.90 Å². The van der Waals surface area contributed by atoms with Crippen LogP contribution in [-0.2, 0) is 0 Å². The van der Waals surface area contributed by atoms with E-state index >= 15 is 0 Å². The fraction of sp³-hybridized carbons (Fsp3) is 0.286.